The van der Waals surface area contributed by atoms with E-state index >= 15 is 0 Å². The third kappa shape index (κ3) is 1.87. The van der Waals surface area contributed by atoms with Gasteiger partial charge >= 0.3 is 0 Å². The lowest BCUT2D eigenvalue weighted by Crippen LogP contribution is -2.51. The molecule has 0 spiro atoms. The van der Waals surface area contributed by atoms with Crippen molar-refractivity contribution in [1.29, 1.82) is 0 Å². The van der Waals surface area contributed by atoms with E-state index in [9.17, 15) is 4.79 Å². The van der Waals surface area contributed by atoms with E-state index in [1.54, 1.807) is 0 Å². The summed E-state index contributed by atoms with van der Waals surface area (Å²) in [5.74, 6) is 0.208. The third-order valence-electron chi connectivity index (χ3n) is 4.56. The van der Waals surface area contributed by atoms with Crippen LogP contribution in [0.1, 0.15) is 6.92 Å². The number of anilines is 3. The van der Waals surface area contributed by atoms with Crippen LogP contribution in [0.25, 0.3) is 0 Å². The molecule has 22 heavy (non-hydrogen) atoms. The molecule has 0 bridgehead atoms. The summed E-state index contributed by atoms with van der Waals surface area (Å²) in [7, 11) is 0. The minimum Gasteiger partial charge on any atom is -0.351 e. The van der Waals surface area contributed by atoms with Gasteiger partial charge in [-0.3, -0.25) is 4.79 Å². The molecule has 0 unspecified atom stereocenters. The van der Waals surface area contributed by atoms with Crippen LogP contribution in [-0.4, -0.2) is 31.7 Å². The van der Waals surface area contributed by atoms with Gasteiger partial charge in [0.25, 0.3) is 5.91 Å². The van der Waals surface area contributed by atoms with Gasteiger partial charge in [-0.2, -0.15) is 0 Å². The second-order valence-electron chi connectivity index (χ2n) is 5.76. The number of likely N-dealkylation sites (N-methyl/N-ethyl adjacent to an activating group) is 1. The van der Waals surface area contributed by atoms with Gasteiger partial charge in [0.15, 0.2) is 0 Å². The number of amides is 1. The third-order valence-corrected chi connectivity index (χ3v) is 4.56. The van der Waals surface area contributed by atoms with Crippen molar-refractivity contribution >= 4 is 23.0 Å². The molecule has 0 aliphatic carbocycles. The molecule has 2 aromatic rings. The molecule has 112 valence electrons. The molecule has 4 nitrogen and oxygen atoms in total. The van der Waals surface area contributed by atoms with E-state index in [4.69, 9.17) is 0 Å². The summed E-state index contributed by atoms with van der Waals surface area (Å²) in [6, 6.07) is 18.4. The standard InChI is InChI=1S/C18H19N3O/c1-2-20-15-10-6-7-11-16(15)21-13-19(12-17(21)18(20)22)14-8-4-3-5-9-14/h3-11,17H,2,12-13H2,1H3/t17-/m0/s1. The van der Waals surface area contributed by atoms with Crippen LogP contribution in [0, 0.1) is 0 Å². The Morgan fingerprint density at radius 2 is 1.68 bits per heavy atom. The molecule has 1 atom stereocenters. The van der Waals surface area contributed by atoms with Crippen molar-refractivity contribution in [3.8, 4) is 0 Å². The average Bonchev–Trinajstić information content (AvgIpc) is 3.02. The number of fused-ring (bicyclic) bond motifs is 3. The molecule has 0 radical (unpaired) electrons. The quantitative estimate of drug-likeness (QED) is 0.852. The summed E-state index contributed by atoms with van der Waals surface area (Å²) in [6.07, 6.45) is 0. The van der Waals surface area contributed by atoms with Crippen molar-refractivity contribution in [3.05, 3.63) is 54.6 Å². The van der Waals surface area contributed by atoms with Crippen molar-refractivity contribution < 1.29 is 4.79 Å². The highest BCUT2D eigenvalue weighted by atomic mass is 16.2. The molecule has 0 saturated carbocycles. The number of carbonyl (C=O) groups excluding carboxylic acids is 1. The fraction of sp³-hybridized carbons (Fsp3) is 0.278. The molecule has 2 aromatic carbocycles. The van der Waals surface area contributed by atoms with Gasteiger partial charge in [0.1, 0.15) is 6.04 Å². The smallest absolute Gasteiger partial charge is 0.251 e. The summed E-state index contributed by atoms with van der Waals surface area (Å²) >= 11 is 0. The molecule has 1 fully saturated rings. The Labute approximate surface area is 130 Å². The van der Waals surface area contributed by atoms with E-state index in [2.05, 4.69) is 28.0 Å². The Hall–Kier alpha value is -2.49. The molecular weight excluding hydrogens is 274 g/mol. The minimum absolute atomic E-state index is 0.0879. The first kappa shape index (κ1) is 13.2. The number of nitrogens with zero attached hydrogens (tertiary/aromatic N) is 3. The largest absolute Gasteiger partial charge is 0.351 e. The fourth-order valence-electron chi connectivity index (χ4n) is 3.49. The van der Waals surface area contributed by atoms with Crippen molar-refractivity contribution in [2.45, 2.75) is 13.0 Å². The van der Waals surface area contributed by atoms with Gasteiger partial charge in [-0.05, 0) is 31.2 Å². The molecule has 2 heterocycles. The summed E-state index contributed by atoms with van der Waals surface area (Å²) in [5, 5.41) is 0. The van der Waals surface area contributed by atoms with Crippen LogP contribution in [-0.2, 0) is 4.79 Å². The van der Waals surface area contributed by atoms with Gasteiger partial charge in [0, 0.05) is 18.8 Å². The predicted octanol–water partition coefficient (Wildman–Crippen LogP) is 2.71. The number of para-hydroxylation sites is 3. The van der Waals surface area contributed by atoms with E-state index in [-0.39, 0.29) is 11.9 Å². The molecule has 2 aliphatic rings. The number of carbonyl (C=O) groups is 1. The average molecular weight is 293 g/mol. The molecule has 0 aromatic heterocycles. The highest BCUT2D eigenvalue weighted by Gasteiger charge is 2.43. The number of hydrogen-bond donors (Lipinski definition) is 0. The zero-order chi connectivity index (χ0) is 15.1. The van der Waals surface area contributed by atoms with Crippen LogP contribution >= 0.6 is 0 Å². The van der Waals surface area contributed by atoms with E-state index in [1.165, 1.54) is 5.69 Å². The Morgan fingerprint density at radius 1 is 1.00 bits per heavy atom. The second-order valence-corrected chi connectivity index (χ2v) is 5.76. The maximum absolute atomic E-state index is 12.8. The van der Waals surface area contributed by atoms with Gasteiger partial charge in [-0.25, -0.2) is 0 Å². The SMILES string of the molecule is CCN1C(=O)[C@@H]2CN(c3ccccc3)CN2c2ccccc21. The lowest BCUT2D eigenvalue weighted by molar-refractivity contribution is -0.119. The van der Waals surface area contributed by atoms with Crippen LogP contribution < -0.4 is 14.7 Å². The van der Waals surface area contributed by atoms with Crippen LogP contribution in [0.15, 0.2) is 54.6 Å². The first-order valence-electron chi connectivity index (χ1n) is 7.76. The molecule has 1 amide bonds. The van der Waals surface area contributed by atoms with Crippen LogP contribution in [0.4, 0.5) is 17.1 Å². The van der Waals surface area contributed by atoms with Gasteiger partial charge < -0.3 is 14.7 Å². The van der Waals surface area contributed by atoms with Crippen molar-refractivity contribution in [2.24, 2.45) is 0 Å². The van der Waals surface area contributed by atoms with Gasteiger partial charge in [0.05, 0.1) is 18.0 Å². The number of rotatable bonds is 2. The van der Waals surface area contributed by atoms with Crippen LogP contribution in [0.2, 0.25) is 0 Å². The summed E-state index contributed by atoms with van der Waals surface area (Å²) < 4.78 is 0. The zero-order valence-electron chi connectivity index (χ0n) is 12.6. The van der Waals surface area contributed by atoms with E-state index < -0.39 is 0 Å². The summed E-state index contributed by atoms with van der Waals surface area (Å²) in [5.41, 5.74) is 3.36. The van der Waals surface area contributed by atoms with E-state index in [0.29, 0.717) is 6.54 Å². The lowest BCUT2D eigenvalue weighted by atomic mass is 10.1. The molecule has 2 aliphatic heterocycles. The predicted molar refractivity (Wildman–Crippen MR) is 89.4 cm³/mol. The lowest BCUT2D eigenvalue weighted by Gasteiger charge is -2.38. The summed E-state index contributed by atoms with van der Waals surface area (Å²) in [6.45, 7) is 4.25. The van der Waals surface area contributed by atoms with Gasteiger partial charge in [0.2, 0.25) is 0 Å². The number of hydrogen-bond acceptors (Lipinski definition) is 3. The Bertz CT molecular complexity index is 700. The molecular formula is C18H19N3O. The maximum Gasteiger partial charge on any atom is 0.251 e. The monoisotopic (exact) mass is 293 g/mol. The van der Waals surface area contributed by atoms with Crippen LogP contribution in [0.5, 0.6) is 0 Å². The van der Waals surface area contributed by atoms with Crippen molar-refractivity contribution in [2.75, 3.05) is 34.5 Å². The first-order valence-corrected chi connectivity index (χ1v) is 7.76. The normalized spacial score (nSPS) is 20.1. The second kappa shape index (κ2) is 5.05. The molecule has 4 heteroatoms. The molecule has 4 rings (SSSR count). The topological polar surface area (TPSA) is 26.8 Å². The fourth-order valence-corrected chi connectivity index (χ4v) is 3.49. The van der Waals surface area contributed by atoms with Crippen molar-refractivity contribution in [1.82, 2.24) is 0 Å². The maximum atomic E-state index is 12.8. The highest BCUT2D eigenvalue weighted by molar-refractivity contribution is 6.06. The Balaban J connectivity index is 1.73. The van der Waals surface area contributed by atoms with E-state index in [1.807, 2.05) is 48.2 Å². The number of benzene rings is 2. The highest BCUT2D eigenvalue weighted by Crippen LogP contribution is 2.39. The summed E-state index contributed by atoms with van der Waals surface area (Å²) in [4.78, 5) is 19.3. The Kier molecular flexibility index (Phi) is 3.03. The minimum atomic E-state index is -0.0879. The molecule has 0 N–H and O–H groups in total. The zero-order valence-corrected chi connectivity index (χ0v) is 12.6. The Morgan fingerprint density at radius 3 is 2.41 bits per heavy atom. The van der Waals surface area contributed by atoms with Crippen molar-refractivity contribution in [3.63, 3.8) is 0 Å². The van der Waals surface area contributed by atoms with Crippen LogP contribution in [0.3, 0.4) is 0 Å². The molecule has 1 saturated heterocycles. The van der Waals surface area contributed by atoms with Gasteiger partial charge in [-0.15, -0.1) is 0 Å². The first-order chi connectivity index (χ1) is 10.8. The van der Waals surface area contributed by atoms with Gasteiger partial charge in [-0.1, -0.05) is 30.3 Å². The van der Waals surface area contributed by atoms with E-state index in [0.717, 1.165) is 24.6 Å².